The van der Waals surface area contributed by atoms with Crippen molar-refractivity contribution in [2.45, 2.75) is 50.4 Å². The van der Waals surface area contributed by atoms with Crippen molar-refractivity contribution in [2.75, 3.05) is 26.7 Å². The zero-order valence-corrected chi connectivity index (χ0v) is 15.1. The van der Waals surface area contributed by atoms with Gasteiger partial charge in [-0.05, 0) is 31.9 Å². The largest absolute Gasteiger partial charge is 0.388 e. The van der Waals surface area contributed by atoms with Crippen LogP contribution in [0.5, 0.6) is 0 Å². The average Bonchev–Trinajstić information content (AvgIpc) is 3.27. The minimum absolute atomic E-state index is 0.0863. The van der Waals surface area contributed by atoms with E-state index in [-0.39, 0.29) is 24.0 Å². The van der Waals surface area contributed by atoms with E-state index in [0.29, 0.717) is 13.2 Å². The van der Waals surface area contributed by atoms with Crippen LogP contribution in [0.3, 0.4) is 0 Å². The number of hydrogen-bond donors (Lipinski definition) is 2. The molecule has 1 saturated heterocycles. The predicted molar refractivity (Wildman–Crippen MR) is 97.3 cm³/mol. The number of nitrogens with one attached hydrogen (secondary N) is 1. The Morgan fingerprint density at radius 2 is 2.00 bits per heavy atom. The lowest BCUT2D eigenvalue weighted by molar-refractivity contribution is -0.126. The maximum atomic E-state index is 12.2. The van der Waals surface area contributed by atoms with Crippen molar-refractivity contribution >= 4 is 5.91 Å². The molecule has 138 valence electrons. The lowest BCUT2D eigenvalue weighted by Crippen LogP contribution is -2.48. The monoisotopic (exact) mass is 346 g/mol. The Labute approximate surface area is 150 Å². The molecule has 2 aliphatic rings. The number of aliphatic hydroxyl groups is 1. The van der Waals surface area contributed by atoms with Gasteiger partial charge in [0.1, 0.15) is 6.10 Å². The molecule has 1 aromatic rings. The second-order valence-electron chi connectivity index (χ2n) is 7.46. The Morgan fingerprint density at radius 3 is 2.72 bits per heavy atom. The number of aliphatic hydroxyl groups excluding tert-OH is 1. The fraction of sp³-hybridized carbons (Fsp3) is 0.650. The van der Waals surface area contributed by atoms with Gasteiger partial charge in [0.15, 0.2) is 0 Å². The van der Waals surface area contributed by atoms with Gasteiger partial charge in [0, 0.05) is 19.0 Å². The summed E-state index contributed by atoms with van der Waals surface area (Å²) in [4.78, 5) is 14.4. The van der Waals surface area contributed by atoms with Crippen LogP contribution in [0.1, 0.15) is 31.2 Å². The summed E-state index contributed by atoms with van der Waals surface area (Å²) in [5.74, 6) is 0.211. The van der Waals surface area contributed by atoms with Crippen LogP contribution in [-0.4, -0.2) is 60.9 Å². The Balaban J connectivity index is 1.41. The van der Waals surface area contributed by atoms with Gasteiger partial charge in [-0.3, -0.25) is 4.79 Å². The molecular formula is C20H30N2O3. The third kappa shape index (κ3) is 5.03. The Hall–Kier alpha value is -1.43. The van der Waals surface area contributed by atoms with E-state index in [1.54, 1.807) is 0 Å². The number of carbonyl (C=O) groups is 1. The predicted octanol–water partition coefficient (Wildman–Crippen LogP) is 1.60. The number of ether oxygens (including phenoxy) is 1. The van der Waals surface area contributed by atoms with Crippen LogP contribution in [-0.2, 0) is 16.0 Å². The number of benzene rings is 1. The van der Waals surface area contributed by atoms with Gasteiger partial charge < -0.3 is 20.1 Å². The summed E-state index contributed by atoms with van der Waals surface area (Å²) in [5, 5.41) is 13.5. The quantitative estimate of drug-likeness (QED) is 0.787. The smallest absolute Gasteiger partial charge is 0.223 e. The van der Waals surface area contributed by atoms with Gasteiger partial charge >= 0.3 is 0 Å². The van der Waals surface area contributed by atoms with Crippen molar-refractivity contribution < 1.29 is 14.6 Å². The minimum atomic E-state index is -0.635. The highest BCUT2D eigenvalue weighted by Gasteiger charge is 2.38. The summed E-state index contributed by atoms with van der Waals surface area (Å²) in [5.41, 5.74) is 1.31. The number of amides is 1. The Kier molecular flexibility index (Phi) is 6.45. The zero-order valence-electron chi connectivity index (χ0n) is 15.1. The van der Waals surface area contributed by atoms with E-state index in [0.717, 1.165) is 38.6 Å². The SMILES string of the molecule is CN(CCc1ccccc1)CC1OCC(NC(=O)C2CCCC2)C1O. The van der Waals surface area contributed by atoms with E-state index in [2.05, 4.69) is 34.5 Å². The third-order valence-corrected chi connectivity index (χ3v) is 5.45. The molecule has 25 heavy (non-hydrogen) atoms. The highest BCUT2D eigenvalue weighted by Crippen LogP contribution is 2.25. The molecule has 1 aliphatic heterocycles. The Morgan fingerprint density at radius 1 is 1.28 bits per heavy atom. The van der Waals surface area contributed by atoms with E-state index < -0.39 is 6.10 Å². The molecule has 3 atom stereocenters. The fourth-order valence-electron chi connectivity index (χ4n) is 3.82. The van der Waals surface area contributed by atoms with E-state index >= 15 is 0 Å². The van der Waals surface area contributed by atoms with Crippen molar-refractivity contribution in [3.8, 4) is 0 Å². The first-order valence-corrected chi connectivity index (χ1v) is 9.46. The van der Waals surface area contributed by atoms with Crippen LogP contribution >= 0.6 is 0 Å². The molecule has 1 saturated carbocycles. The topological polar surface area (TPSA) is 61.8 Å². The molecule has 3 unspecified atom stereocenters. The van der Waals surface area contributed by atoms with Crippen LogP contribution in [0.2, 0.25) is 0 Å². The second-order valence-corrected chi connectivity index (χ2v) is 7.46. The molecule has 1 amide bonds. The van der Waals surface area contributed by atoms with Crippen LogP contribution < -0.4 is 5.32 Å². The number of rotatable bonds is 7. The average molecular weight is 346 g/mol. The molecular weight excluding hydrogens is 316 g/mol. The van der Waals surface area contributed by atoms with Crippen molar-refractivity contribution in [3.63, 3.8) is 0 Å². The first-order valence-electron chi connectivity index (χ1n) is 9.46. The second kappa shape index (κ2) is 8.79. The summed E-state index contributed by atoms with van der Waals surface area (Å²) in [6.07, 6.45) is 4.32. The van der Waals surface area contributed by atoms with E-state index in [1.807, 2.05) is 13.1 Å². The van der Waals surface area contributed by atoms with Gasteiger partial charge in [-0.25, -0.2) is 0 Å². The molecule has 0 aromatic heterocycles. The number of hydrogen-bond acceptors (Lipinski definition) is 4. The molecule has 0 radical (unpaired) electrons. The molecule has 0 spiro atoms. The summed E-state index contributed by atoms with van der Waals surface area (Å²) in [6, 6.07) is 10.1. The van der Waals surface area contributed by atoms with Crippen LogP contribution in [0, 0.1) is 5.92 Å². The van der Waals surface area contributed by atoms with Gasteiger partial charge in [0.05, 0.1) is 18.8 Å². The molecule has 0 bridgehead atoms. The summed E-state index contributed by atoms with van der Waals surface area (Å²) in [6.45, 7) is 1.98. The fourth-order valence-corrected chi connectivity index (χ4v) is 3.82. The minimum Gasteiger partial charge on any atom is -0.388 e. The summed E-state index contributed by atoms with van der Waals surface area (Å²) < 4.78 is 5.76. The number of likely N-dealkylation sites (N-methyl/N-ethyl adjacent to an activating group) is 1. The van der Waals surface area contributed by atoms with Crippen LogP contribution in [0.25, 0.3) is 0 Å². The van der Waals surface area contributed by atoms with Crippen LogP contribution in [0.15, 0.2) is 30.3 Å². The van der Waals surface area contributed by atoms with Gasteiger partial charge in [-0.15, -0.1) is 0 Å². The van der Waals surface area contributed by atoms with E-state index in [1.165, 1.54) is 5.56 Å². The highest BCUT2D eigenvalue weighted by atomic mass is 16.5. The van der Waals surface area contributed by atoms with Crippen molar-refractivity contribution in [3.05, 3.63) is 35.9 Å². The lowest BCUT2D eigenvalue weighted by atomic mass is 10.0. The Bertz CT molecular complexity index is 545. The van der Waals surface area contributed by atoms with Crippen molar-refractivity contribution in [1.82, 2.24) is 10.2 Å². The molecule has 1 heterocycles. The number of carbonyl (C=O) groups excluding carboxylic acids is 1. The third-order valence-electron chi connectivity index (χ3n) is 5.45. The van der Waals surface area contributed by atoms with Gasteiger partial charge in [-0.2, -0.15) is 0 Å². The maximum Gasteiger partial charge on any atom is 0.223 e. The zero-order chi connectivity index (χ0) is 17.6. The van der Waals surface area contributed by atoms with Gasteiger partial charge in [-0.1, -0.05) is 43.2 Å². The lowest BCUT2D eigenvalue weighted by Gasteiger charge is -2.24. The van der Waals surface area contributed by atoms with Gasteiger partial charge in [0.2, 0.25) is 5.91 Å². The van der Waals surface area contributed by atoms with Gasteiger partial charge in [0.25, 0.3) is 0 Å². The van der Waals surface area contributed by atoms with E-state index in [9.17, 15) is 9.90 Å². The molecule has 1 aromatic carbocycles. The first kappa shape index (κ1) is 18.4. The molecule has 2 fully saturated rings. The normalized spacial score (nSPS) is 27.1. The number of nitrogens with zero attached hydrogens (tertiary/aromatic N) is 1. The first-order chi connectivity index (χ1) is 12.1. The molecule has 5 nitrogen and oxygen atoms in total. The highest BCUT2D eigenvalue weighted by molar-refractivity contribution is 5.79. The molecule has 2 N–H and O–H groups in total. The molecule has 1 aliphatic carbocycles. The maximum absolute atomic E-state index is 12.2. The van der Waals surface area contributed by atoms with Crippen LogP contribution in [0.4, 0.5) is 0 Å². The standard InChI is InChI=1S/C20H30N2O3/c1-22(12-11-15-7-3-2-4-8-15)13-18-19(23)17(14-25-18)21-20(24)16-9-5-6-10-16/h2-4,7-8,16-19,23H,5-6,9-14H2,1H3,(H,21,24). The molecule has 5 heteroatoms. The summed E-state index contributed by atoms with van der Waals surface area (Å²) in [7, 11) is 2.05. The molecule has 3 rings (SSSR count). The van der Waals surface area contributed by atoms with E-state index in [4.69, 9.17) is 4.74 Å². The van der Waals surface area contributed by atoms with Crippen molar-refractivity contribution in [1.29, 1.82) is 0 Å². The summed E-state index contributed by atoms with van der Waals surface area (Å²) >= 11 is 0. The van der Waals surface area contributed by atoms with Crippen molar-refractivity contribution in [2.24, 2.45) is 5.92 Å².